The predicted octanol–water partition coefficient (Wildman–Crippen LogP) is 3.61. The largest absolute Gasteiger partial charge is 0.450 e. The van der Waals surface area contributed by atoms with Crippen LogP contribution in [0.2, 0.25) is 5.02 Å². The number of nitrogens with one attached hydrogen (secondary N) is 1. The molecule has 0 bridgehead atoms. The molecule has 0 aromatic heterocycles. The molecule has 2 rings (SSSR count). The van der Waals surface area contributed by atoms with Gasteiger partial charge in [0.25, 0.3) is 0 Å². The van der Waals surface area contributed by atoms with Gasteiger partial charge in [-0.3, -0.25) is 0 Å². The normalized spacial score (nSPS) is 17.6. The molecule has 0 aliphatic carbocycles. The van der Waals surface area contributed by atoms with Gasteiger partial charge in [-0.15, -0.1) is 0 Å². The van der Waals surface area contributed by atoms with Crippen molar-refractivity contribution in [2.75, 3.05) is 19.7 Å². The Kier molecular flexibility index (Phi) is 5.88. The Morgan fingerprint density at radius 2 is 2.00 bits per heavy atom. The van der Waals surface area contributed by atoms with Gasteiger partial charge < -0.3 is 15.0 Å². The number of hydrogen-bond donors (Lipinski definition) is 1. The van der Waals surface area contributed by atoms with E-state index in [1.165, 1.54) is 5.56 Å². The minimum absolute atomic E-state index is 0.193. The molecule has 1 atom stereocenters. The summed E-state index contributed by atoms with van der Waals surface area (Å²) in [6.07, 6.45) is 1.72. The summed E-state index contributed by atoms with van der Waals surface area (Å²) >= 11 is 5.91. The van der Waals surface area contributed by atoms with Crippen molar-refractivity contribution in [2.45, 2.75) is 38.8 Å². The van der Waals surface area contributed by atoms with E-state index in [9.17, 15) is 4.79 Å². The molecule has 0 radical (unpaired) electrons. The second-order valence-corrected chi connectivity index (χ2v) is 5.84. The van der Waals surface area contributed by atoms with Crippen molar-refractivity contribution in [3.8, 4) is 0 Å². The smallest absolute Gasteiger partial charge is 0.409 e. The van der Waals surface area contributed by atoms with Crippen LogP contribution in [0.1, 0.15) is 38.3 Å². The topological polar surface area (TPSA) is 41.6 Å². The number of nitrogens with zero attached hydrogens (tertiary/aromatic N) is 1. The van der Waals surface area contributed by atoms with Crippen LogP contribution in [-0.2, 0) is 4.74 Å². The van der Waals surface area contributed by atoms with E-state index in [-0.39, 0.29) is 12.1 Å². The lowest BCUT2D eigenvalue weighted by Crippen LogP contribution is -2.45. The molecule has 4 nitrogen and oxygen atoms in total. The first-order valence-corrected chi connectivity index (χ1v) is 7.91. The zero-order valence-electron chi connectivity index (χ0n) is 12.6. The molecular formula is C16H23ClN2O2. The molecule has 1 saturated heterocycles. The number of likely N-dealkylation sites (tertiary alicyclic amines) is 1. The molecule has 1 N–H and O–H groups in total. The van der Waals surface area contributed by atoms with Crippen molar-refractivity contribution in [2.24, 2.45) is 0 Å². The zero-order chi connectivity index (χ0) is 15.2. The van der Waals surface area contributed by atoms with Crippen LogP contribution in [0.5, 0.6) is 0 Å². The van der Waals surface area contributed by atoms with Gasteiger partial charge in [-0.2, -0.15) is 0 Å². The summed E-state index contributed by atoms with van der Waals surface area (Å²) in [5.41, 5.74) is 1.23. The molecule has 116 valence electrons. The van der Waals surface area contributed by atoms with E-state index in [0.717, 1.165) is 31.0 Å². The van der Waals surface area contributed by atoms with Crippen LogP contribution in [-0.4, -0.2) is 36.7 Å². The van der Waals surface area contributed by atoms with Crippen molar-refractivity contribution < 1.29 is 9.53 Å². The molecule has 1 aromatic carbocycles. The van der Waals surface area contributed by atoms with Crippen molar-refractivity contribution >= 4 is 17.7 Å². The summed E-state index contributed by atoms with van der Waals surface area (Å²) in [6, 6.07) is 8.64. The molecule has 1 aliphatic rings. The van der Waals surface area contributed by atoms with E-state index in [0.29, 0.717) is 12.6 Å². The molecule has 1 amide bonds. The third-order valence-corrected chi connectivity index (χ3v) is 4.13. The molecule has 0 spiro atoms. The second-order valence-electron chi connectivity index (χ2n) is 5.40. The van der Waals surface area contributed by atoms with Gasteiger partial charge in [0.2, 0.25) is 0 Å². The Labute approximate surface area is 131 Å². The summed E-state index contributed by atoms with van der Waals surface area (Å²) in [5.74, 6) is 0. The van der Waals surface area contributed by atoms with E-state index < -0.39 is 0 Å². The van der Waals surface area contributed by atoms with Crippen LogP contribution in [0.25, 0.3) is 0 Å². The van der Waals surface area contributed by atoms with Crippen LogP contribution in [0, 0.1) is 0 Å². The summed E-state index contributed by atoms with van der Waals surface area (Å²) in [6.45, 7) is 5.93. The summed E-state index contributed by atoms with van der Waals surface area (Å²) in [4.78, 5) is 13.4. The molecule has 1 aliphatic heterocycles. The molecule has 1 heterocycles. The van der Waals surface area contributed by atoms with E-state index in [1.54, 1.807) is 4.90 Å². The van der Waals surface area contributed by atoms with Gasteiger partial charge in [-0.25, -0.2) is 4.79 Å². The predicted molar refractivity (Wildman–Crippen MR) is 84.6 cm³/mol. The SMILES string of the molecule is CCOC(=O)N1CCC(NC(C)c2ccc(Cl)cc2)CC1. The monoisotopic (exact) mass is 310 g/mol. The van der Waals surface area contributed by atoms with Crippen LogP contribution in [0.15, 0.2) is 24.3 Å². The number of amides is 1. The van der Waals surface area contributed by atoms with Crippen LogP contribution in [0.4, 0.5) is 4.79 Å². The number of carbonyl (C=O) groups is 1. The quantitative estimate of drug-likeness (QED) is 0.923. The second kappa shape index (κ2) is 7.66. The van der Waals surface area contributed by atoms with E-state index in [4.69, 9.17) is 16.3 Å². The fourth-order valence-corrected chi connectivity index (χ4v) is 2.77. The Hall–Kier alpha value is -1.26. The highest BCUT2D eigenvalue weighted by atomic mass is 35.5. The fourth-order valence-electron chi connectivity index (χ4n) is 2.64. The highest BCUT2D eigenvalue weighted by molar-refractivity contribution is 6.30. The Balaban J connectivity index is 1.80. The molecule has 1 unspecified atom stereocenters. The number of hydrogen-bond acceptors (Lipinski definition) is 3. The maximum atomic E-state index is 11.7. The molecule has 5 heteroatoms. The number of rotatable bonds is 4. The molecule has 0 saturated carbocycles. The summed E-state index contributed by atoms with van der Waals surface area (Å²) in [7, 11) is 0. The van der Waals surface area contributed by atoms with Gasteiger partial charge in [-0.1, -0.05) is 23.7 Å². The lowest BCUT2D eigenvalue weighted by atomic mass is 10.0. The standard InChI is InChI=1S/C16H23ClN2O2/c1-3-21-16(20)19-10-8-15(9-11-19)18-12(2)13-4-6-14(17)7-5-13/h4-7,12,15,18H,3,8-11H2,1-2H3. The highest BCUT2D eigenvalue weighted by Gasteiger charge is 2.24. The molecule has 21 heavy (non-hydrogen) atoms. The number of benzene rings is 1. The molecular weight excluding hydrogens is 288 g/mol. The van der Waals surface area contributed by atoms with E-state index in [2.05, 4.69) is 12.2 Å². The molecule has 1 aromatic rings. The Morgan fingerprint density at radius 3 is 2.57 bits per heavy atom. The minimum atomic E-state index is -0.193. The zero-order valence-corrected chi connectivity index (χ0v) is 13.4. The number of piperidine rings is 1. The first-order chi connectivity index (χ1) is 10.1. The third-order valence-electron chi connectivity index (χ3n) is 3.88. The van der Waals surface area contributed by atoms with Gasteiger partial charge in [-0.05, 0) is 44.4 Å². The summed E-state index contributed by atoms with van der Waals surface area (Å²) < 4.78 is 5.03. The first kappa shape index (κ1) is 16.1. The van der Waals surface area contributed by atoms with E-state index >= 15 is 0 Å². The van der Waals surface area contributed by atoms with Crippen molar-refractivity contribution in [1.29, 1.82) is 0 Å². The van der Waals surface area contributed by atoms with Gasteiger partial charge in [0, 0.05) is 30.2 Å². The lowest BCUT2D eigenvalue weighted by molar-refractivity contribution is 0.0944. The maximum absolute atomic E-state index is 11.7. The average Bonchev–Trinajstić information content (AvgIpc) is 2.49. The number of carbonyl (C=O) groups excluding carboxylic acids is 1. The Bertz CT molecular complexity index is 456. The van der Waals surface area contributed by atoms with Crippen molar-refractivity contribution in [3.63, 3.8) is 0 Å². The molecule has 1 fully saturated rings. The fraction of sp³-hybridized carbons (Fsp3) is 0.562. The van der Waals surface area contributed by atoms with Crippen molar-refractivity contribution in [3.05, 3.63) is 34.9 Å². The van der Waals surface area contributed by atoms with Crippen LogP contribution >= 0.6 is 11.6 Å². The van der Waals surface area contributed by atoms with Gasteiger partial charge in [0.05, 0.1) is 6.61 Å². The minimum Gasteiger partial charge on any atom is -0.450 e. The highest BCUT2D eigenvalue weighted by Crippen LogP contribution is 2.19. The van der Waals surface area contributed by atoms with Gasteiger partial charge >= 0.3 is 6.09 Å². The average molecular weight is 311 g/mol. The number of ether oxygens (including phenoxy) is 1. The van der Waals surface area contributed by atoms with Gasteiger partial charge in [0.1, 0.15) is 0 Å². The maximum Gasteiger partial charge on any atom is 0.409 e. The first-order valence-electron chi connectivity index (χ1n) is 7.53. The van der Waals surface area contributed by atoms with Gasteiger partial charge in [0.15, 0.2) is 0 Å². The van der Waals surface area contributed by atoms with E-state index in [1.807, 2.05) is 31.2 Å². The van der Waals surface area contributed by atoms with Crippen molar-refractivity contribution in [1.82, 2.24) is 10.2 Å². The lowest BCUT2D eigenvalue weighted by Gasteiger charge is -2.33. The van der Waals surface area contributed by atoms with Crippen LogP contribution < -0.4 is 5.32 Å². The van der Waals surface area contributed by atoms with Crippen LogP contribution in [0.3, 0.4) is 0 Å². The third kappa shape index (κ3) is 4.61. The summed E-state index contributed by atoms with van der Waals surface area (Å²) in [5, 5.41) is 4.38. The Morgan fingerprint density at radius 1 is 1.38 bits per heavy atom. The number of halogens is 1.